The van der Waals surface area contributed by atoms with Gasteiger partial charge in [0.05, 0.1) is 19.8 Å². The van der Waals surface area contributed by atoms with Crippen molar-refractivity contribution in [1.29, 1.82) is 0 Å². The lowest BCUT2D eigenvalue weighted by Gasteiger charge is -2.03. The first kappa shape index (κ1) is 16.8. The third-order valence-corrected chi connectivity index (χ3v) is 4.42. The van der Waals surface area contributed by atoms with Gasteiger partial charge >= 0.3 is 5.97 Å². The Balaban J connectivity index is 1.68. The fraction of sp³-hybridized carbons (Fsp3) is 0.0909. The average molecular weight is 359 g/mol. The largest absolute Gasteiger partial charge is 0.497 e. The fourth-order valence-corrected chi connectivity index (χ4v) is 2.97. The van der Waals surface area contributed by atoms with E-state index in [2.05, 4.69) is 5.16 Å². The smallest absolute Gasteiger partial charge is 0.337 e. The lowest BCUT2D eigenvalue weighted by atomic mass is 10.0. The van der Waals surface area contributed by atoms with E-state index in [1.165, 1.54) is 7.11 Å². The Hall–Kier alpha value is -3.60. The molecule has 4 rings (SSSR count). The van der Waals surface area contributed by atoms with E-state index in [1.807, 2.05) is 48.5 Å². The maximum Gasteiger partial charge on any atom is 0.337 e. The third-order valence-electron chi connectivity index (χ3n) is 4.42. The van der Waals surface area contributed by atoms with Crippen molar-refractivity contribution < 1.29 is 18.8 Å². The van der Waals surface area contributed by atoms with Gasteiger partial charge in [-0.15, -0.1) is 0 Å². The van der Waals surface area contributed by atoms with Gasteiger partial charge in [-0.25, -0.2) is 4.79 Å². The summed E-state index contributed by atoms with van der Waals surface area (Å²) in [4.78, 5) is 11.7. The van der Waals surface area contributed by atoms with E-state index in [9.17, 15) is 4.79 Å². The predicted molar refractivity (Wildman–Crippen MR) is 103 cm³/mol. The van der Waals surface area contributed by atoms with Gasteiger partial charge < -0.3 is 14.0 Å². The summed E-state index contributed by atoms with van der Waals surface area (Å²) in [6, 6.07) is 20.9. The van der Waals surface area contributed by atoms with Gasteiger partial charge in [-0.3, -0.25) is 0 Å². The second kappa shape index (κ2) is 6.96. The number of nitrogens with zero attached hydrogens (tertiary/aromatic N) is 1. The summed E-state index contributed by atoms with van der Waals surface area (Å²) in [5, 5.41) is 6.32. The zero-order valence-electron chi connectivity index (χ0n) is 14.9. The molecule has 5 heteroatoms. The number of benzene rings is 3. The number of rotatable bonds is 4. The van der Waals surface area contributed by atoms with Crippen LogP contribution >= 0.6 is 0 Å². The van der Waals surface area contributed by atoms with Crippen LogP contribution in [0.25, 0.3) is 33.4 Å². The number of hydrogen-bond acceptors (Lipinski definition) is 5. The van der Waals surface area contributed by atoms with Gasteiger partial charge in [0.15, 0.2) is 5.76 Å². The summed E-state index contributed by atoms with van der Waals surface area (Å²) in [6.07, 6.45) is 0. The van der Waals surface area contributed by atoms with Crippen molar-refractivity contribution in [1.82, 2.24) is 5.16 Å². The van der Waals surface area contributed by atoms with E-state index in [0.717, 1.165) is 27.6 Å². The van der Waals surface area contributed by atoms with E-state index >= 15 is 0 Å². The maximum absolute atomic E-state index is 11.7. The quantitative estimate of drug-likeness (QED) is 0.482. The molecular formula is C22H17NO4. The van der Waals surface area contributed by atoms with E-state index in [-0.39, 0.29) is 5.97 Å². The minimum Gasteiger partial charge on any atom is -0.497 e. The second-order valence-corrected chi connectivity index (χ2v) is 6.08. The molecule has 0 bridgehead atoms. The number of hydrogen-bond donors (Lipinski definition) is 0. The van der Waals surface area contributed by atoms with Crippen LogP contribution in [0.1, 0.15) is 10.4 Å². The molecule has 0 N–H and O–H groups in total. The molecule has 4 aromatic rings. The average Bonchev–Trinajstić information content (AvgIpc) is 3.22. The lowest BCUT2D eigenvalue weighted by Crippen LogP contribution is -2.00. The zero-order chi connectivity index (χ0) is 18.8. The van der Waals surface area contributed by atoms with Crippen LogP contribution in [0.4, 0.5) is 0 Å². The van der Waals surface area contributed by atoms with Crippen LogP contribution in [0.15, 0.2) is 71.3 Å². The Morgan fingerprint density at radius 3 is 2.52 bits per heavy atom. The Bertz CT molecular complexity index is 1130. The predicted octanol–water partition coefficient (Wildman–Crippen LogP) is 4.96. The molecule has 0 saturated heterocycles. The van der Waals surface area contributed by atoms with Gasteiger partial charge in [0.1, 0.15) is 11.4 Å². The van der Waals surface area contributed by atoms with Gasteiger partial charge in [0.25, 0.3) is 0 Å². The Labute approximate surface area is 156 Å². The molecule has 0 saturated carbocycles. The van der Waals surface area contributed by atoms with Gasteiger partial charge in [-0.1, -0.05) is 35.5 Å². The molecule has 27 heavy (non-hydrogen) atoms. The van der Waals surface area contributed by atoms with E-state index < -0.39 is 0 Å². The van der Waals surface area contributed by atoms with Crippen LogP contribution in [0.3, 0.4) is 0 Å². The van der Waals surface area contributed by atoms with Crippen molar-refractivity contribution in [2.24, 2.45) is 0 Å². The number of esters is 1. The van der Waals surface area contributed by atoms with Crippen LogP contribution in [0, 0.1) is 0 Å². The second-order valence-electron chi connectivity index (χ2n) is 6.08. The highest BCUT2D eigenvalue weighted by molar-refractivity contribution is 5.91. The van der Waals surface area contributed by atoms with Crippen LogP contribution < -0.4 is 4.74 Å². The number of fused-ring (bicyclic) bond motifs is 1. The first-order valence-corrected chi connectivity index (χ1v) is 8.41. The minimum absolute atomic E-state index is 0.384. The molecule has 0 unspecified atom stereocenters. The molecule has 0 atom stereocenters. The number of carbonyl (C=O) groups excluding carboxylic acids is 1. The molecule has 1 heterocycles. The molecule has 0 amide bonds. The lowest BCUT2D eigenvalue weighted by molar-refractivity contribution is 0.0601. The zero-order valence-corrected chi connectivity index (χ0v) is 14.9. The summed E-state index contributed by atoms with van der Waals surface area (Å²) in [5.74, 6) is 1.10. The normalized spacial score (nSPS) is 10.7. The van der Waals surface area contributed by atoms with Crippen LogP contribution in [-0.2, 0) is 4.74 Å². The highest BCUT2D eigenvalue weighted by atomic mass is 16.5. The van der Waals surface area contributed by atoms with Crippen molar-refractivity contribution in [3.05, 3.63) is 72.3 Å². The SMILES string of the molecule is COC(=O)c1cccc(-c2cc(-c3ccc4cc(OC)ccc4c3)on2)c1. The molecule has 0 aliphatic carbocycles. The molecule has 0 aliphatic rings. The number of methoxy groups -OCH3 is 2. The summed E-state index contributed by atoms with van der Waals surface area (Å²) >= 11 is 0. The number of aromatic nitrogens is 1. The molecule has 0 aliphatic heterocycles. The first-order valence-electron chi connectivity index (χ1n) is 8.41. The first-order chi connectivity index (χ1) is 13.2. The maximum atomic E-state index is 11.7. The van der Waals surface area contributed by atoms with E-state index in [1.54, 1.807) is 25.3 Å². The van der Waals surface area contributed by atoms with E-state index in [4.69, 9.17) is 14.0 Å². The molecule has 134 valence electrons. The molecule has 3 aromatic carbocycles. The Kier molecular flexibility index (Phi) is 4.34. The number of ether oxygens (including phenoxy) is 2. The Morgan fingerprint density at radius 1 is 0.889 bits per heavy atom. The highest BCUT2D eigenvalue weighted by Gasteiger charge is 2.12. The monoisotopic (exact) mass is 359 g/mol. The third kappa shape index (κ3) is 3.27. The van der Waals surface area contributed by atoms with Gasteiger partial charge in [-0.05, 0) is 41.1 Å². The van der Waals surface area contributed by atoms with E-state index in [0.29, 0.717) is 17.0 Å². The molecule has 5 nitrogen and oxygen atoms in total. The van der Waals surface area contributed by atoms with Gasteiger partial charge in [-0.2, -0.15) is 0 Å². The van der Waals surface area contributed by atoms with Crippen LogP contribution in [0.5, 0.6) is 5.75 Å². The number of carbonyl (C=O) groups is 1. The summed E-state index contributed by atoms with van der Waals surface area (Å²) < 4.78 is 15.6. The van der Waals surface area contributed by atoms with Crippen molar-refractivity contribution in [3.63, 3.8) is 0 Å². The molecular weight excluding hydrogens is 342 g/mol. The van der Waals surface area contributed by atoms with Crippen LogP contribution in [0.2, 0.25) is 0 Å². The van der Waals surface area contributed by atoms with Crippen molar-refractivity contribution >= 4 is 16.7 Å². The minimum atomic E-state index is -0.384. The summed E-state index contributed by atoms with van der Waals surface area (Å²) in [6.45, 7) is 0. The summed E-state index contributed by atoms with van der Waals surface area (Å²) in [5.41, 5.74) is 2.85. The fourth-order valence-electron chi connectivity index (χ4n) is 2.97. The van der Waals surface area contributed by atoms with Crippen molar-refractivity contribution in [2.75, 3.05) is 14.2 Å². The molecule has 0 spiro atoms. The van der Waals surface area contributed by atoms with Crippen molar-refractivity contribution in [3.8, 4) is 28.3 Å². The highest BCUT2D eigenvalue weighted by Crippen LogP contribution is 2.30. The molecule has 0 radical (unpaired) electrons. The Morgan fingerprint density at radius 2 is 1.70 bits per heavy atom. The molecule has 0 fully saturated rings. The van der Waals surface area contributed by atoms with Gasteiger partial charge in [0, 0.05) is 17.2 Å². The summed E-state index contributed by atoms with van der Waals surface area (Å²) in [7, 11) is 3.01. The topological polar surface area (TPSA) is 61.6 Å². The molecule has 1 aromatic heterocycles. The standard InChI is InChI=1S/C22H17NO4/c1-25-19-9-8-14-10-17(7-6-15(14)12-19)21-13-20(23-27-21)16-4-3-5-18(11-16)22(24)26-2/h3-13H,1-2H3. The van der Waals surface area contributed by atoms with Crippen molar-refractivity contribution in [2.45, 2.75) is 0 Å². The van der Waals surface area contributed by atoms with Crippen LogP contribution in [-0.4, -0.2) is 25.3 Å². The van der Waals surface area contributed by atoms with Gasteiger partial charge in [0.2, 0.25) is 0 Å².